The molecular formula is C16H13FO2. The molecule has 2 nitrogen and oxygen atoms in total. The number of ether oxygens (including phenoxy) is 2. The molecule has 0 saturated heterocycles. The molecular weight excluding hydrogens is 243 g/mol. The first-order valence-corrected chi connectivity index (χ1v) is 5.82. The highest BCUT2D eigenvalue weighted by Crippen LogP contribution is 2.20. The summed E-state index contributed by atoms with van der Waals surface area (Å²) in [5, 5.41) is 0. The van der Waals surface area contributed by atoms with Crippen LogP contribution in [-0.2, 0) is 6.61 Å². The van der Waals surface area contributed by atoms with Crippen LogP contribution < -0.4 is 9.47 Å². The van der Waals surface area contributed by atoms with Crippen molar-refractivity contribution in [2.45, 2.75) is 6.61 Å². The highest BCUT2D eigenvalue weighted by atomic mass is 19.1. The van der Waals surface area contributed by atoms with Gasteiger partial charge in [-0.3, -0.25) is 0 Å². The molecule has 0 aliphatic heterocycles. The fraction of sp³-hybridized carbons (Fsp3) is 0.125. The van der Waals surface area contributed by atoms with Gasteiger partial charge in [-0.1, -0.05) is 30.2 Å². The van der Waals surface area contributed by atoms with Crippen LogP contribution in [0.5, 0.6) is 11.5 Å². The summed E-state index contributed by atoms with van der Waals surface area (Å²) in [6.07, 6.45) is 5.12. The standard InChI is InChI=1S/C16H13FO2/c1-2-10-18-14-7-5-8-15(11-14)19-12-13-6-3-4-9-16(13)17/h1,3-9,11H,10,12H2. The van der Waals surface area contributed by atoms with E-state index in [0.717, 1.165) is 0 Å². The Morgan fingerprint density at radius 2 is 1.74 bits per heavy atom. The van der Waals surface area contributed by atoms with E-state index in [-0.39, 0.29) is 19.0 Å². The monoisotopic (exact) mass is 256 g/mol. The summed E-state index contributed by atoms with van der Waals surface area (Å²) in [7, 11) is 0. The Labute approximate surface area is 111 Å². The minimum Gasteiger partial charge on any atom is -0.489 e. The van der Waals surface area contributed by atoms with E-state index in [0.29, 0.717) is 17.1 Å². The maximum Gasteiger partial charge on any atom is 0.148 e. The van der Waals surface area contributed by atoms with E-state index in [4.69, 9.17) is 15.9 Å². The Bertz CT molecular complexity index is 587. The van der Waals surface area contributed by atoms with Crippen LogP contribution in [0.15, 0.2) is 48.5 Å². The molecule has 3 heteroatoms. The van der Waals surface area contributed by atoms with Gasteiger partial charge in [0.2, 0.25) is 0 Å². The van der Waals surface area contributed by atoms with Crippen molar-refractivity contribution in [3.63, 3.8) is 0 Å². The fourth-order valence-electron chi connectivity index (χ4n) is 1.56. The molecule has 0 heterocycles. The first-order chi connectivity index (χ1) is 9.29. The highest BCUT2D eigenvalue weighted by molar-refractivity contribution is 5.33. The second-order valence-corrected chi connectivity index (χ2v) is 3.85. The molecule has 0 amide bonds. The lowest BCUT2D eigenvalue weighted by molar-refractivity contribution is 0.296. The molecule has 19 heavy (non-hydrogen) atoms. The minimum absolute atomic E-state index is 0.172. The van der Waals surface area contributed by atoms with Crippen molar-refractivity contribution in [3.05, 3.63) is 59.9 Å². The van der Waals surface area contributed by atoms with Crippen LogP contribution in [0.25, 0.3) is 0 Å². The van der Waals surface area contributed by atoms with Crippen LogP contribution in [0.1, 0.15) is 5.56 Å². The maximum absolute atomic E-state index is 13.4. The van der Waals surface area contributed by atoms with E-state index >= 15 is 0 Å². The van der Waals surface area contributed by atoms with Gasteiger partial charge in [0.05, 0.1) is 0 Å². The van der Waals surface area contributed by atoms with E-state index in [9.17, 15) is 4.39 Å². The van der Waals surface area contributed by atoms with Gasteiger partial charge < -0.3 is 9.47 Å². The summed E-state index contributed by atoms with van der Waals surface area (Å²) in [4.78, 5) is 0. The highest BCUT2D eigenvalue weighted by Gasteiger charge is 2.02. The molecule has 0 fully saturated rings. The third kappa shape index (κ3) is 3.75. The van der Waals surface area contributed by atoms with Gasteiger partial charge in [-0.25, -0.2) is 4.39 Å². The predicted octanol–water partition coefficient (Wildman–Crippen LogP) is 3.42. The fourth-order valence-corrected chi connectivity index (χ4v) is 1.56. The quantitative estimate of drug-likeness (QED) is 0.763. The predicted molar refractivity (Wildman–Crippen MR) is 71.5 cm³/mol. The van der Waals surface area contributed by atoms with Crippen LogP contribution in [-0.4, -0.2) is 6.61 Å². The summed E-state index contributed by atoms with van der Waals surface area (Å²) >= 11 is 0. The molecule has 96 valence electrons. The topological polar surface area (TPSA) is 18.5 Å². The van der Waals surface area contributed by atoms with Crippen LogP contribution in [0.4, 0.5) is 4.39 Å². The summed E-state index contributed by atoms with van der Waals surface area (Å²) in [6, 6.07) is 13.6. The SMILES string of the molecule is C#CCOc1cccc(OCc2ccccc2F)c1. The molecule has 0 aliphatic rings. The van der Waals surface area contributed by atoms with Crippen molar-refractivity contribution in [2.75, 3.05) is 6.61 Å². The lowest BCUT2D eigenvalue weighted by atomic mass is 10.2. The van der Waals surface area contributed by atoms with Crippen LogP contribution in [0.2, 0.25) is 0 Å². The van der Waals surface area contributed by atoms with E-state index in [2.05, 4.69) is 5.92 Å². The number of hydrogen-bond acceptors (Lipinski definition) is 2. The van der Waals surface area contributed by atoms with Gasteiger partial charge in [0, 0.05) is 11.6 Å². The normalized spacial score (nSPS) is 9.68. The molecule has 0 unspecified atom stereocenters. The molecule has 0 saturated carbocycles. The lowest BCUT2D eigenvalue weighted by Gasteiger charge is -2.08. The number of rotatable bonds is 5. The zero-order valence-corrected chi connectivity index (χ0v) is 10.3. The Morgan fingerprint density at radius 1 is 1.00 bits per heavy atom. The van der Waals surface area contributed by atoms with Gasteiger partial charge in [0.25, 0.3) is 0 Å². The first kappa shape index (κ1) is 13.0. The maximum atomic E-state index is 13.4. The van der Waals surface area contributed by atoms with Crippen LogP contribution in [0.3, 0.4) is 0 Å². The zero-order valence-electron chi connectivity index (χ0n) is 10.3. The molecule has 0 radical (unpaired) electrons. The van der Waals surface area contributed by atoms with E-state index < -0.39 is 0 Å². The summed E-state index contributed by atoms with van der Waals surface area (Å²) < 4.78 is 24.2. The third-order valence-corrected chi connectivity index (χ3v) is 2.48. The van der Waals surface area contributed by atoms with Gasteiger partial charge in [-0.2, -0.15) is 0 Å². The van der Waals surface area contributed by atoms with E-state index in [1.165, 1.54) is 6.07 Å². The smallest absolute Gasteiger partial charge is 0.148 e. The Kier molecular flexibility index (Phi) is 4.41. The first-order valence-electron chi connectivity index (χ1n) is 5.82. The van der Waals surface area contributed by atoms with Gasteiger partial charge in [0.1, 0.15) is 30.5 Å². The number of hydrogen-bond donors (Lipinski definition) is 0. The Morgan fingerprint density at radius 3 is 2.47 bits per heavy atom. The molecule has 2 rings (SSSR count). The molecule has 2 aromatic rings. The summed E-state index contributed by atoms with van der Waals surface area (Å²) in [5.74, 6) is 3.35. The van der Waals surface area contributed by atoms with Crippen molar-refractivity contribution >= 4 is 0 Å². The molecule has 0 aromatic heterocycles. The van der Waals surface area contributed by atoms with Gasteiger partial charge in [0.15, 0.2) is 0 Å². The lowest BCUT2D eigenvalue weighted by Crippen LogP contribution is -1.99. The minimum atomic E-state index is -0.276. The summed E-state index contributed by atoms with van der Waals surface area (Å²) in [6.45, 7) is 0.377. The zero-order chi connectivity index (χ0) is 13.5. The molecule has 2 aromatic carbocycles. The molecule has 0 N–H and O–H groups in total. The van der Waals surface area contributed by atoms with Crippen molar-refractivity contribution in [3.8, 4) is 23.8 Å². The number of benzene rings is 2. The average molecular weight is 256 g/mol. The molecule has 0 aliphatic carbocycles. The van der Waals surface area contributed by atoms with Crippen LogP contribution >= 0.6 is 0 Å². The molecule has 0 spiro atoms. The number of halogens is 1. The average Bonchev–Trinajstić information content (AvgIpc) is 2.45. The van der Waals surface area contributed by atoms with Crippen molar-refractivity contribution < 1.29 is 13.9 Å². The van der Waals surface area contributed by atoms with Gasteiger partial charge in [-0.15, -0.1) is 6.42 Å². The molecule has 0 atom stereocenters. The third-order valence-electron chi connectivity index (χ3n) is 2.48. The number of terminal acetylenes is 1. The van der Waals surface area contributed by atoms with Crippen molar-refractivity contribution in [1.82, 2.24) is 0 Å². The van der Waals surface area contributed by atoms with Crippen molar-refractivity contribution in [1.29, 1.82) is 0 Å². The van der Waals surface area contributed by atoms with Gasteiger partial charge in [-0.05, 0) is 18.2 Å². The second-order valence-electron chi connectivity index (χ2n) is 3.85. The van der Waals surface area contributed by atoms with E-state index in [1.54, 1.807) is 42.5 Å². The summed E-state index contributed by atoms with van der Waals surface area (Å²) in [5.41, 5.74) is 0.512. The second kappa shape index (κ2) is 6.46. The van der Waals surface area contributed by atoms with Crippen LogP contribution in [0, 0.1) is 18.2 Å². The molecule has 0 bridgehead atoms. The van der Waals surface area contributed by atoms with Gasteiger partial charge >= 0.3 is 0 Å². The van der Waals surface area contributed by atoms with Crippen molar-refractivity contribution in [2.24, 2.45) is 0 Å². The Hall–Kier alpha value is -2.47. The Balaban J connectivity index is 2.00. The largest absolute Gasteiger partial charge is 0.489 e. The van der Waals surface area contributed by atoms with E-state index in [1.807, 2.05) is 0 Å².